The Hall–Kier alpha value is 0.0238. The zero-order chi connectivity index (χ0) is 23.7. The van der Waals surface area contributed by atoms with Gasteiger partial charge in [-0.2, -0.15) is 0 Å². The molecule has 4 aliphatic rings. The highest BCUT2D eigenvalue weighted by molar-refractivity contribution is 6.70. The van der Waals surface area contributed by atoms with Crippen LogP contribution >= 0.6 is 0 Å². The molecule has 4 rings (SSSR count). The largest absolute Gasteiger partial charge is 0.415 e. The van der Waals surface area contributed by atoms with Crippen molar-refractivity contribution in [2.24, 2.45) is 40.4 Å². The van der Waals surface area contributed by atoms with Crippen LogP contribution in [0.15, 0.2) is 0 Å². The van der Waals surface area contributed by atoms with Crippen LogP contribution in [0.5, 0.6) is 0 Å². The van der Waals surface area contributed by atoms with E-state index in [0.717, 1.165) is 24.2 Å². The van der Waals surface area contributed by atoms with Crippen molar-refractivity contribution in [2.75, 3.05) is 0 Å². The van der Waals surface area contributed by atoms with E-state index in [0.29, 0.717) is 23.2 Å². The molecule has 0 aromatic carbocycles. The van der Waals surface area contributed by atoms with Gasteiger partial charge in [-0.3, -0.25) is 4.79 Å². The van der Waals surface area contributed by atoms with E-state index in [1.165, 1.54) is 44.9 Å². The molecule has 32 heavy (non-hydrogen) atoms. The van der Waals surface area contributed by atoms with Crippen molar-refractivity contribution >= 4 is 22.4 Å². The maximum Gasteiger partial charge on any atom is 0.184 e. The SMILES string of the molecule is CC(=O)[C@H]1C(O[Si](C)(C)C)C[C@H]2[C@@H]3CCC4CC(O[Si](C)(C)C)CC[C@]4(C)[C@H]3CC[C@]12C. The van der Waals surface area contributed by atoms with Crippen molar-refractivity contribution in [3.05, 3.63) is 0 Å². The fourth-order valence-corrected chi connectivity index (χ4v) is 11.5. The zero-order valence-electron chi connectivity index (χ0n) is 22.4. The van der Waals surface area contributed by atoms with Gasteiger partial charge >= 0.3 is 0 Å². The van der Waals surface area contributed by atoms with Gasteiger partial charge in [0.15, 0.2) is 16.6 Å². The lowest BCUT2D eigenvalue weighted by Gasteiger charge is -2.61. The molecule has 4 aliphatic carbocycles. The molecule has 0 spiro atoms. The maximum atomic E-state index is 12.9. The number of rotatable bonds is 5. The minimum atomic E-state index is -1.68. The third kappa shape index (κ3) is 4.49. The van der Waals surface area contributed by atoms with Crippen molar-refractivity contribution in [3.8, 4) is 0 Å². The van der Waals surface area contributed by atoms with Crippen molar-refractivity contribution in [2.45, 2.75) is 124 Å². The molecule has 4 saturated carbocycles. The maximum absolute atomic E-state index is 12.9. The third-order valence-corrected chi connectivity index (χ3v) is 12.1. The second-order valence-electron chi connectivity index (χ2n) is 14.4. The molecule has 0 aliphatic heterocycles. The fraction of sp³-hybridized carbons (Fsp3) is 0.963. The van der Waals surface area contributed by atoms with Gasteiger partial charge in [-0.25, -0.2) is 0 Å². The summed E-state index contributed by atoms with van der Waals surface area (Å²) in [7, 11) is -3.16. The summed E-state index contributed by atoms with van der Waals surface area (Å²) in [4.78, 5) is 12.9. The van der Waals surface area contributed by atoms with Crippen LogP contribution in [0.1, 0.15) is 72.1 Å². The highest BCUT2D eigenvalue weighted by Gasteiger charge is 2.63. The van der Waals surface area contributed by atoms with E-state index in [1.807, 2.05) is 6.92 Å². The molecular weight excluding hydrogens is 428 g/mol. The molecule has 4 fully saturated rings. The monoisotopic (exact) mass is 478 g/mol. The summed E-state index contributed by atoms with van der Waals surface area (Å²) < 4.78 is 13.3. The van der Waals surface area contributed by atoms with E-state index in [-0.39, 0.29) is 17.4 Å². The number of carbonyl (C=O) groups excluding carboxylic acids is 1. The van der Waals surface area contributed by atoms with Gasteiger partial charge in [0.1, 0.15) is 5.78 Å². The highest BCUT2D eigenvalue weighted by Crippen LogP contribution is 2.68. The van der Waals surface area contributed by atoms with E-state index < -0.39 is 16.6 Å². The zero-order valence-corrected chi connectivity index (χ0v) is 24.4. The Balaban J connectivity index is 1.55. The first-order valence-corrected chi connectivity index (χ1v) is 20.3. The average molecular weight is 479 g/mol. The predicted molar refractivity (Wildman–Crippen MR) is 138 cm³/mol. The van der Waals surface area contributed by atoms with E-state index in [1.54, 1.807) is 0 Å². The van der Waals surface area contributed by atoms with E-state index in [9.17, 15) is 4.79 Å². The minimum absolute atomic E-state index is 0.103. The van der Waals surface area contributed by atoms with E-state index in [2.05, 4.69) is 53.1 Å². The molecule has 0 amide bonds. The van der Waals surface area contributed by atoms with Crippen LogP contribution in [-0.4, -0.2) is 34.6 Å². The molecule has 0 radical (unpaired) electrons. The van der Waals surface area contributed by atoms with Gasteiger partial charge < -0.3 is 8.85 Å². The normalized spacial score (nSPS) is 46.8. The third-order valence-electron chi connectivity index (χ3n) is 10.1. The summed E-state index contributed by atoms with van der Waals surface area (Å²) in [5, 5.41) is 0. The number of carbonyl (C=O) groups is 1. The summed E-state index contributed by atoms with van der Waals surface area (Å²) in [6.45, 7) is 20.8. The minimum Gasteiger partial charge on any atom is -0.415 e. The Kier molecular flexibility index (Phi) is 6.52. The van der Waals surface area contributed by atoms with Crippen LogP contribution in [-0.2, 0) is 13.6 Å². The quantitative estimate of drug-likeness (QED) is 0.389. The number of hydrogen-bond acceptors (Lipinski definition) is 3. The Labute approximate surface area is 200 Å². The molecule has 0 N–H and O–H groups in total. The number of Topliss-reactive ketones (excluding diaryl/α,β-unsaturated/α-hetero) is 1. The molecule has 9 atom stereocenters. The summed E-state index contributed by atoms with van der Waals surface area (Å²) in [6.07, 6.45) is 10.9. The molecule has 3 nitrogen and oxygen atoms in total. The van der Waals surface area contributed by atoms with Crippen molar-refractivity contribution in [1.82, 2.24) is 0 Å². The Morgan fingerprint density at radius 2 is 1.41 bits per heavy atom. The second-order valence-corrected chi connectivity index (χ2v) is 23.3. The molecular formula is C27H50O3Si2. The number of fused-ring (bicyclic) bond motifs is 5. The molecule has 0 aromatic heterocycles. The van der Waals surface area contributed by atoms with E-state index in [4.69, 9.17) is 8.85 Å². The van der Waals surface area contributed by atoms with Gasteiger partial charge in [0, 0.05) is 12.0 Å². The molecule has 3 unspecified atom stereocenters. The van der Waals surface area contributed by atoms with Crippen LogP contribution in [0.2, 0.25) is 39.3 Å². The van der Waals surface area contributed by atoms with Gasteiger partial charge in [0.25, 0.3) is 0 Å². The van der Waals surface area contributed by atoms with Crippen molar-refractivity contribution in [3.63, 3.8) is 0 Å². The summed E-state index contributed by atoms with van der Waals surface area (Å²) in [6, 6.07) is 0. The summed E-state index contributed by atoms with van der Waals surface area (Å²) >= 11 is 0. The van der Waals surface area contributed by atoms with Gasteiger partial charge in [-0.1, -0.05) is 13.8 Å². The lowest BCUT2D eigenvalue weighted by atomic mass is 9.44. The molecule has 0 aromatic rings. The number of ketones is 1. The van der Waals surface area contributed by atoms with Crippen LogP contribution in [0.3, 0.4) is 0 Å². The van der Waals surface area contributed by atoms with Crippen LogP contribution in [0.25, 0.3) is 0 Å². The summed E-state index contributed by atoms with van der Waals surface area (Å²) in [5.41, 5.74) is 0.603. The molecule has 184 valence electrons. The van der Waals surface area contributed by atoms with Gasteiger partial charge in [-0.15, -0.1) is 0 Å². The molecule has 5 heteroatoms. The second kappa shape index (κ2) is 8.31. The van der Waals surface area contributed by atoms with Crippen molar-refractivity contribution in [1.29, 1.82) is 0 Å². The standard InChI is InChI=1S/C27H50O3Si2/c1-18(28)25-24(30-32(7,8)9)17-23-21-11-10-19-16-20(29-31(4,5)6)12-14-26(19,2)22(21)13-15-27(23,25)3/h19-25H,10-17H2,1-9H3/t19?,20?,21-,22+,23+,24?,25+,26+,27+/m1/s1. The first-order chi connectivity index (χ1) is 14.6. The highest BCUT2D eigenvalue weighted by atomic mass is 28.4. The Morgan fingerprint density at radius 1 is 0.781 bits per heavy atom. The Morgan fingerprint density at radius 3 is 2.00 bits per heavy atom. The van der Waals surface area contributed by atoms with E-state index >= 15 is 0 Å². The lowest BCUT2D eigenvalue weighted by Crippen LogP contribution is -2.55. The van der Waals surface area contributed by atoms with Crippen LogP contribution in [0.4, 0.5) is 0 Å². The average Bonchev–Trinajstić information content (AvgIpc) is 2.91. The molecule has 0 saturated heterocycles. The van der Waals surface area contributed by atoms with Crippen LogP contribution in [0, 0.1) is 40.4 Å². The summed E-state index contributed by atoms with van der Waals surface area (Å²) in [5.74, 6) is 3.56. The lowest BCUT2D eigenvalue weighted by molar-refractivity contribution is -0.139. The first kappa shape index (κ1) is 25.1. The topological polar surface area (TPSA) is 35.5 Å². The molecule has 0 heterocycles. The Bertz CT molecular complexity index is 725. The number of hydrogen-bond donors (Lipinski definition) is 0. The van der Waals surface area contributed by atoms with Crippen molar-refractivity contribution < 1.29 is 13.6 Å². The fourth-order valence-electron chi connectivity index (χ4n) is 9.11. The van der Waals surface area contributed by atoms with Gasteiger partial charge in [-0.05, 0) is 132 Å². The van der Waals surface area contributed by atoms with Gasteiger partial charge in [0.2, 0.25) is 0 Å². The van der Waals surface area contributed by atoms with Crippen LogP contribution < -0.4 is 0 Å². The van der Waals surface area contributed by atoms with Gasteiger partial charge in [0.05, 0.1) is 6.10 Å². The smallest absolute Gasteiger partial charge is 0.184 e. The first-order valence-electron chi connectivity index (χ1n) is 13.5. The molecule has 0 bridgehead atoms. The predicted octanol–water partition coefficient (Wildman–Crippen LogP) is 7.28.